The third-order valence-electron chi connectivity index (χ3n) is 24.1. The van der Waals surface area contributed by atoms with E-state index in [1.54, 1.807) is 159 Å². The highest BCUT2D eigenvalue weighted by molar-refractivity contribution is 5.91. The van der Waals surface area contributed by atoms with Crippen molar-refractivity contribution in [2.75, 3.05) is 53.3 Å². The number of unbranched alkanes of at least 4 members (excludes halogenated alkanes) is 2. The van der Waals surface area contributed by atoms with Crippen molar-refractivity contribution in [3.05, 3.63) is 298 Å². The molecule has 8 aromatic rings. The average molecular weight is 1730 g/mol. The van der Waals surface area contributed by atoms with Gasteiger partial charge in [-0.15, -0.1) is 0 Å². The standard InChI is InChI=1S/C99H115N3O24/c1-62-80(60-113-90(103)72-42-24-12-25-43-72)116-96(67(6)82(62)123-98-87(120-92(105)74-46-28-14-29-47-74)84(108-8)64(3)77(118-98)57-109-54-69-36-18-9-19-37-69)126-86-66(5)79(59-111-56-71-40-22-11-23-41-71)119-99(89(86)122-94(107)76-50-32-16-33-51-76)124-83-63(2)81(61-114-91(104)73-44-26-13-27-45-73)115-95(68(83)7)125-85-65(4)78(58-110-55-70-38-20-10-21-39-70)117-97(112-53-35-17-34-52-101-102-100)88(85)121-93(106)75-48-30-15-31-49-75/h9-16,18-33,36-51,62-68,77-89,95-99H,17,34-35,52-61H2,1-8H3/t62?,63?,64-,65-,66-,67?,68?,77?,78?,79?,80?,81?,82?,83?,84-,85-,86-,87?,88?,89?,95?,96?,97+,98-,99-/m0/s1. The van der Waals surface area contributed by atoms with Crippen LogP contribution in [0.1, 0.15) is 136 Å². The molecule has 27 heteroatoms. The van der Waals surface area contributed by atoms with Crippen molar-refractivity contribution in [3.8, 4) is 0 Å². The summed E-state index contributed by atoms with van der Waals surface area (Å²) in [6.45, 7) is 13.9. The van der Waals surface area contributed by atoms with Gasteiger partial charge in [0.15, 0.2) is 49.8 Å². The molecule has 0 N–H and O–H groups in total. The number of benzene rings is 8. The van der Waals surface area contributed by atoms with Crippen molar-refractivity contribution < 1.29 is 114 Å². The van der Waals surface area contributed by atoms with E-state index in [0.717, 1.165) is 16.7 Å². The van der Waals surface area contributed by atoms with Crippen LogP contribution in [0, 0.1) is 41.4 Å². The van der Waals surface area contributed by atoms with E-state index < -0.39 is 182 Å². The highest BCUT2D eigenvalue weighted by Crippen LogP contribution is 2.45. The fraction of sp³-hybridized carbons (Fsp3) is 0.465. The minimum Gasteiger partial charge on any atom is -0.459 e. The molecule has 670 valence electrons. The lowest BCUT2D eigenvalue weighted by Gasteiger charge is -2.52. The van der Waals surface area contributed by atoms with Gasteiger partial charge in [0.25, 0.3) is 0 Å². The molecule has 0 aromatic heterocycles. The van der Waals surface area contributed by atoms with E-state index >= 15 is 4.79 Å². The van der Waals surface area contributed by atoms with Gasteiger partial charge in [0, 0.05) is 66.6 Å². The molecule has 0 aliphatic carbocycles. The topological polar surface area (TPSA) is 309 Å². The molecule has 0 radical (unpaired) electrons. The lowest BCUT2D eigenvalue weighted by Crippen LogP contribution is -2.64. The van der Waals surface area contributed by atoms with Gasteiger partial charge in [-0.05, 0) is 95.7 Å². The van der Waals surface area contributed by atoms with E-state index in [9.17, 15) is 19.2 Å². The van der Waals surface area contributed by atoms with Crippen LogP contribution in [0.5, 0.6) is 0 Å². The van der Waals surface area contributed by atoms with Crippen LogP contribution in [-0.4, -0.2) is 194 Å². The first-order chi connectivity index (χ1) is 61.4. The predicted octanol–water partition coefficient (Wildman–Crippen LogP) is 16.2. The first-order valence-electron chi connectivity index (χ1n) is 43.5. The van der Waals surface area contributed by atoms with Crippen LogP contribution in [0.4, 0.5) is 0 Å². The fourth-order valence-electron chi connectivity index (χ4n) is 16.7. The monoisotopic (exact) mass is 1730 g/mol. The minimum atomic E-state index is -1.56. The number of carbonyl (C=O) groups excluding carboxylic acids is 5. The molecule has 5 aliphatic rings. The molecule has 0 saturated carbocycles. The van der Waals surface area contributed by atoms with Crippen molar-refractivity contribution in [3.63, 3.8) is 0 Å². The van der Waals surface area contributed by atoms with E-state index in [0.29, 0.717) is 31.4 Å². The number of methoxy groups -OCH3 is 1. The largest absolute Gasteiger partial charge is 0.459 e. The number of hydrogen-bond acceptors (Lipinski definition) is 25. The second-order valence-corrected chi connectivity index (χ2v) is 32.9. The lowest BCUT2D eigenvalue weighted by atomic mass is 9.84. The Bertz CT molecular complexity index is 4690. The number of azide groups is 1. The molecule has 5 heterocycles. The SMILES string of the molecule is CO[C@@H]1C(OC(=O)c2ccccc2)[C@H](OC2C(C)C(COC(=O)c3ccccc3)OC(O[C@@H]3C(OC(=O)c4ccccc4)[C@H](OC4C(C)C(COC(=O)c5ccccc5)OC(O[C@@H]5C(OC(=O)c6ccccc6)[C@H](OCCCCCN=[N+]=[N-])OC(COCc6ccccc6)[C@@H]5C)C4C)OC(COCc4ccccc4)[C@@H]3C)C2C)OC(COCc2ccccc2)[C@@H]1C. The van der Waals surface area contributed by atoms with E-state index in [-0.39, 0.29) is 81.7 Å². The van der Waals surface area contributed by atoms with E-state index in [1.165, 1.54) is 0 Å². The second kappa shape index (κ2) is 47.1. The molecule has 5 aliphatic heterocycles. The van der Waals surface area contributed by atoms with Crippen LogP contribution in [0.2, 0.25) is 0 Å². The number of esters is 5. The molecule has 25 atom stereocenters. The van der Waals surface area contributed by atoms with Gasteiger partial charge in [-0.25, -0.2) is 24.0 Å². The number of hydrogen-bond donors (Lipinski definition) is 0. The highest BCUT2D eigenvalue weighted by Gasteiger charge is 2.58. The van der Waals surface area contributed by atoms with Crippen molar-refractivity contribution >= 4 is 29.8 Å². The first-order valence-corrected chi connectivity index (χ1v) is 43.5. The first kappa shape index (κ1) is 93.5. The zero-order valence-corrected chi connectivity index (χ0v) is 72.4. The second-order valence-electron chi connectivity index (χ2n) is 32.9. The van der Waals surface area contributed by atoms with Gasteiger partial charge in [-0.1, -0.05) is 242 Å². The molecule has 8 aromatic carbocycles. The van der Waals surface area contributed by atoms with Crippen molar-refractivity contribution in [2.24, 2.45) is 46.5 Å². The van der Waals surface area contributed by atoms with E-state index in [4.69, 9.17) is 95.5 Å². The van der Waals surface area contributed by atoms with Gasteiger partial charge in [0.05, 0.1) is 110 Å². The summed E-state index contributed by atoms with van der Waals surface area (Å²) in [6.07, 6.45) is -18.4. The number of ether oxygens (including phenoxy) is 19. The Balaban J connectivity index is 0.880. The number of carbonyl (C=O) groups is 5. The smallest absolute Gasteiger partial charge is 0.338 e. The molecule has 13 rings (SSSR count). The average Bonchev–Trinajstić information content (AvgIpc) is 0.764. The van der Waals surface area contributed by atoms with Gasteiger partial charge >= 0.3 is 29.8 Å². The van der Waals surface area contributed by atoms with E-state index in [2.05, 4.69) is 10.0 Å². The summed E-state index contributed by atoms with van der Waals surface area (Å²) < 4.78 is 131. The van der Waals surface area contributed by atoms with Gasteiger partial charge in [-0.2, -0.15) is 0 Å². The Morgan fingerprint density at radius 1 is 0.310 bits per heavy atom. The summed E-state index contributed by atoms with van der Waals surface area (Å²) in [5.74, 6) is -8.17. The van der Waals surface area contributed by atoms with Crippen LogP contribution in [0.25, 0.3) is 10.4 Å². The van der Waals surface area contributed by atoms with Crippen molar-refractivity contribution in [2.45, 2.75) is 198 Å². The van der Waals surface area contributed by atoms with Crippen molar-refractivity contribution in [1.82, 2.24) is 0 Å². The Hall–Kier alpha value is -10.1. The number of rotatable bonds is 40. The molecular formula is C99H115N3O24. The van der Waals surface area contributed by atoms with Crippen molar-refractivity contribution in [1.29, 1.82) is 0 Å². The summed E-state index contributed by atoms with van der Waals surface area (Å²) in [4.78, 5) is 75.8. The minimum absolute atomic E-state index is 0.0466. The molecule has 0 spiro atoms. The molecule has 5 saturated heterocycles. The molecular weight excluding hydrogens is 1620 g/mol. The Kier molecular flexibility index (Phi) is 34.9. The highest BCUT2D eigenvalue weighted by atomic mass is 16.8. The van der Waals surface area contributed by atoms with Crippen LogP contribution in [0.3, 0.4) is 0 Å². The lowest BCUT2D eigenvalue weighted by molar-refractivity contribution is -0.376. The molecule has 5 fully saturated rings. The predicted molar refractivity (Wildman–Crippen MR) is 460 cm³/mol. The van der Waals surface area contributed by atoms with Gasteiger partial charge < -0.3 is 90.0 Å². The molecule has 126 heavy (non-hydrogen) atoms. The Morgan fingerprint density at radius 2 is 0.587 bits per heavy atom. The summed E-state index contributed by atoms with van der Waals surface area (Å²) in [5, 5.41) is 3.71. The van der Waals surface area contributed by atoms with Gasteiger partial charge in [-0.3, -0.25) is 0 Å². The van der Waals surface area contributed by atoms with Crippen LogP contribution in [0.15, 0.2) is 248 Å². The van der Waals surface area contributed by atoms with Crippen LogP contribution < -0.4 is 0 Å². The Morgan fingerprint density at radius 3 is 0.929 bits per heavy atom. The summed E-state index contributed by atoms with van der Waals surface area (Å²) in [5.41, 5.74) is 13.1. The van der Waals surface area contributed by atoms with Gasteiger partial charge in [0.2, 0.25) is 0 Å². The summed E-state index contributed by atoms with van der Waals surface area (Å²) >= 11 is 0. The zero-order valence-electron chi connectivity index (χ0n) is 72.4. The molecule has 0 bridgehead atoms. The zero-order chi connectivity index (χ0) is 88.3. The van der Waals surface area contributed by atoms with Gasteiger partial charge in [0.1, 0.15) is 31.5 Å². The molecule has 0 amide bonds. The normalized spacial score (nSPS) is 29.6. The summed E-state index contributed by atoms with van der Waals surface area (Å²) in [7, 11) is 1.55. The molecule has 27 nitrogen and oxygen atoms in total. The summed E-state index contributed by atoms with van der Waals surface area (Å²) in [6, 6.07) is 71.8. The van der Waals surface area contributed by atoms with Crippen LogP contribution >= 0.6 is 0 Å². The van der Waals surface area contributed by atoms with Crippen LogP contribution in [-0.2, 0) is 110 Å². The third-order valence-corrected chi connectivity index (χ3v) is 24.1. The maximum atomic E-state index is 15.4. The quantitative estimate of drug-likeness (QED) is 0.00860. The maximum Gasteiger partial charge on any atom is 0.338 e. The molecule has 16 unspecified atom stereocenters. The number of nitrogens with zero attached hydrogens (tertiary/aromatic N) is 3. The fourth-order valence-corrected chi connectivity index (χ4v) is 16.7. The third kappa shape index (κ3) is 25.0. The van der Waals surface area contributed by atoms with E-state index in [1.807, 2.05) is 139 Å². The Labute approximate surface area is 736 Å². The maximum absolute atomic E-state index is 15.4.